The molecule has 30 heavy (non-hydrogen) atoms. The van der Waals surface area contributed by atoms with E-state index in [2.05, 4.69) is 17.1 Å². The Hall–Kier alpha value is -3.29. The number of aliphatic imine (C=N–C) groups is 1. The minimum atomic E-state index is -0.745. The molecular weight excluding hydrogens is 384 g/mol. The van der Waals surface area contributed by atoms with E-state index in [-0.39, 0.29) is 11.6 Å². The molecule has 0 fully saturated rings. The van der Waals surface area contributed by atoms with Gasteiger partial charge in [-0.1, -0.05) is 30.4 Å². The van der Waals surface area contributed by atoms with Gasteiger partial charge >= 0.3 is 5.97 Å². The molecule has 0 saturated heterocycles. The van der Waals surface area contributed by atoms with Crippen molar-refractivity contribution in [2.45, 2.75) is 38.0 Å². The van der Waals surface area contributed by atoms with Crippen molar-refractivity contribution in [1.29, 1.82) is 0 Å². The van der Waals surface area contributed by atoms with Gasteiger partial charge in [0.05, 0.1) is 17.7 Å². The Labute approximate surface area is 174 Å². The lowest BCUT2D eigenvalue weighted by atomic mass is 9.74. The van der Waals surface area contributed by atoms with Gasteiger partial charge in [0.1, 0.15) is 5.92 Å². The number of nitro groups is 1. The summed E-state index contributed by atoms with van der Waals surface area (Å²) in [6, 6.07) is 6.59. The SMILES string of the molecule is COC(=O)C1C(C)=Nc2c(c(C3CC=CCC3)nn2C)C1c1ccccc1[N+](=O)[O-]. The molecular formula is C22H24N4O4. The quantitative estimate of drug-likeness (QED) is 0.327. The van der Waals surface area contributed by atoms with Gasteiger partial charge in [-0.15, -0.1) is 0 Å². The van der Waals surface area contributed by atoms with Gasteiger partial charge in [0.25, 0.3) is 5.69 Å². The number of hydrogen-bond acceptors (Lipinski definition) is 6. The molecule has 2 aromatic rings. The summed E-state index contributed by atoms with van der Waals surface area (Å²) in [5.74, 6) is -0.947. The topological polar surface area (TPSA) is 99.6 Å². The van der Waals surface area contributed by atoms with Crippen molar-refractivity contribution in [2.24, 2.45) is 18.0 Å². The summed E-state index contributed by atoms with van der Waals surface area (Å²) in [6.45, 7) is 1.77. The fraction of sp³-hybridized carbons (Fsp3) is 0.409. The van der Waals surface area contributed by atoms with Gasteiger partial charge in [0.15, 0.2) is 5.82 Å². The molecule has 1 aromatic carbocycles. The highest BCUT2D eigenvalue weighted by Gasteiger charge is 2.44. The van der Waals surface area contributed by atoms with Crippen molar-refractivity contribution in [2.75, 3.05) is 7.11 Å². The van der Waals surface area contributed by atoms with E-state index in [0.717, 1.165) is 30.5 Å². The van der Waals surface area contributed by atoms with E-state index in [4.69, 9.17) is 9.84 Å². The van der Waals surface area contributed by atoms with Crippen LogP contribution in [0.1, 0.15) is 54.8 Å². The summed E-state index contributed by atoms with van der Waals surface area (Å²) in [7, 11) is 3.16. The first-order valence-corrected chi connectivity index (χ1v) is 10.0. The molecule has 1 aromatic heterocycles. The van der Waals surface area contributed by atoms with E-state index in [9.17, 15) is 14.9 Å². The first kappa shape index (κ1) is 20.0. The average Bonchev–Trinajstić information content (AvgIpc) is 3.09. The molecule has 8 nitrogen and oxygen atoms in total. The minimum absolute atomic E-state index is 0.0182. The summed E-state index contributed by atoms with van der Waals surface area (Å²) >= 11 is 0. The fourth-order valence-corrected chi connectivity index (χ4v) is 4.66. The lowest BCUT2D eigenvalue weighted by Crippen LogP contribution is -2.33. The van der Waals surface area contributed by atoms with E-state index >= 15 is 0 Å². The number of nitrogens with zero attached hydrogens (tertiary/aromatic N) is 4. The Morgan fingerprint density at radius 3 is 2.73 bits per heavy atom. The van der Waals surface area contributed by atoms with Crippen LogP contribution in [0.3, 0.4) is 0 Å². The van der Waals surface area contributed by atoms with Crippen molar-refractivity contribution >= 4 is 23.2 Å². The molecule has 2 aliphatic rings. The summed E-state index contributed by atoms with van der Waals surface area (Å²) in [5, 5.41) is 16.6. The van der Waals surface area contributed by atoms with Crippen LogP contribution in [0.5, 0.6) is 0 Å². The monoisotopic (exact) mass is 408 g/mol. The van der Waals surface area contributed by atoms with Crippen molar-refractivity contribution in [3.63, 3.8) is 0 Å². The van der Waals surface area contributed by atoms with E-state index < -0.39 is 22.7 Å². The number of aryl methyl sites for hydroxylation is 1. The molecule has 0 radical (unpaired) electrons. The number of methoxy groups -OCH3 is 1. The molecule has 0 bridgehead atoms. The number of ether oxygens (including phenoxy) is 1. The van der Waals surface area contributed by atoms with E-state index in [1.54, 1.807) is 29.8 Å². The highest BCUT2D eigenvalue weighted by molar-refractivity contribution is 6.05. The standard InChI is InChI=1S/C22H24N4O4/c1-13-17(22(27)30-3)18(15-11-7-8-12-16(15)26(28)29)19-20(14-9-5-4-6-10-14)24-25(2)21(19)23-13/h4-5,7-8,11-12,14,17-18H,6,9-10H2,1-3H3. The maximum Gasteiger partial charge on any atom is 0.315 e. The second-order valence-corrected chi connectivity index (χ2v) is 7.78. The zero-order valence-electron chi connectivity index (χ0n) is 17.2. The predicted molar refractivity (Wildman–Crippen MR) is 112 cm³/mol. The lowest BCUT2D eigenvalue weighted by Gasteiger charge is -2.30. The number of nitro benzene ring substituents is 1. The van der Waals surface area contributed by atoms with E-state index in [1.807, 2.05) is 7.05 Å². The van der Waals surface area contributed by atoms with Crippen molar-refractivity contribution in [1.82, 2.24) is 9.78 Å². The normalized spacial score (nSPS) is 22.9. The minimum Gasteiger partial charge on any atom is -0.468 e. The predicted octanol–water partition coefficient (Wildman–Crippen LogP) is 4.18. The van der Waals surface area contributed by atoms with Gasteiger partial charge in [-0.2, -0.15) is 5.10 Å². The molecule has 4 rings (SSSR count). The zero-order chi connectivity index (χ0) is 21.4. The molecule has 156 valence electrons. The molecule has 3 unspecified atom stereocenters. The highest BCUT2D eigenvalue weighted by atomic mass is 16.6. The Kier molecular flexibility index (Phi) is 5.24. The van der Waals surface area contributed by atoms with Crippen molar-refractivity contribution < 1.29 is 14.5 Å². The third-order valence-corrected chi connectivity index (χ3v) is 6.04. The smallest absolute Gasteiger partial charge is 0.315 e. The van der Waals surface area contributed by atoms with Crippen LogP contribution in [0.2, 0.25) is 0 Å². The average molecular weight is 408 g/mol. The summed E-state index contributed by atoms with van der Waals surface area (Å²) in [4.78, 5) is 29.0. The number of rotatable bonds is 4. The molecule has 3 atom stereocenters. The number of aromatic nitrogens is 2. The van der Waals surface area contributed by atoms with Gasteiger partial charge < -0.3 is 4.74 Å². The zero-order valence-corrected chi connectivity index (χ0v) is 17.2. The van der Waals surface area contributed by atoms with Crippen molar-refractivity contribution in [3.05, 3.63) is 63.4 Å². The highest BCUT2D eigenvalue weighted by Crippen LogP contribution is 2.49. The molecule has 1 aliphatic heterocycles. The first-order valence-electron chi connectivity index (χ1n) is 10.0. The Bertz CT molecular complexity index is 1070. The molecule has 8 heteroatoms. The number of carbonyl (C=O) groups is 1. The molecule has 0 saturated carbocycles. The molecule has 2 heterocycles. The number of fused-ring (bicyclic) bond motifs is 1. The molecule has 1 aliphatic carbocycles. The Morgan fingerprint density at radius 1 is 1.30 bits per heavy atom. The number of carbonyl (C=O) groups excluding carboxylic acids is 1. The maximum atomic E-state index is 12.8. The van der Waals surface area contributed by atoms with Crippen LogP contribution in [0, 0.1) is 16.0 Å². The lowest BCUT2D eigenvalue weighted by molar-refractivity contribution is -0.385. The Morgan fingerprint density at radius 2 is 2.07 bits per heavy atom. The van der Waals surface area contributed by atoms with Crippen LogP contribution in [-0.4, -0.2) is 33.5 Å². The van der Waals surface area contributed by atoms with Crippen LogP contribution >= 0.6 is 0 Å². The number of benzene rings is 1. The van der Waals surface area contributed by atoms with Crippen molar-refractivity contribution in [3.8, 4) is 0 Å². The number of hydrogen-bond donors (Lipinski definition) is 0. The molecule has 0 N–H and O–H groups in total. The second-order valence-electron chi connectivity index (χ2n) is 7.78. The maximum absolute atomic E-state index is 12.8. The Balaban J connectivity index is 1.99. The van der Waals surface area contributed by atoms with Crippen LogP contribution in [-0.2, 0) is 16.6 Å². The fourth-order valence-electron chi connectivity index (χ4n) is 4.66. The number of allylic oxidation sites excluding steroid dienone is 2. The van der Waals surface area contributed by atoms with Gasteiger partial charge in [-0.3, -0.25) is 19.6 Å². The third-order valence-electron chi connectivity index (χ3n) is 6.04. The van der Waals surface area contributed by atoms with Crippen LogP contribution in [0.25, 0.3) is 0 Å². The van der Waals surface area contributed by atoms with Crippen LogP contribution in [0.15, 0.2) is 41.4 Å². The van der Waals surface area contributed by atoms with Crippen LogP contribution in [0.4, 0.5) is 11.5 Å². The van der Waals surface area contributed by atoms with Gasteiger partial charge in [-0.25, -0.2) is 4.99 Å². The number of esters is 1. The van der Waals surface area contributed by atoms with E-state index in [0.29, 0.717) is 17.1 Å². The summed E-state index contributed by atoms with van der Waals surface area (Å²) < 4.78 is 6.82. The van der Waals surface area contributed by atoms with E-state index in [1.165, 1.54) is 13.2 Å². The number of para-hydroxylation sites is 1. The van der Waals surface area contributed by atoms with Gasteiger partial charge in [0.2, 0.25) is 0 Å². The van der Waals surface area contributed by atoms with Gasteiger partial charge in [-0.05, 0) is 26.2 Å². The second kappa shape index (κ2) is 7.85. The summed E-state index contributed by atoms with van der Waals surface area (Å²) in [6.07, 6.45) is 7.04. The largest absolute Gasteiger partial charge is 0.468 e. The molecule has 0 amide bonds. The third kappa shape index (κ3) is 3.22. The first-order chi connectivity index (χ1) is 14.4. The van der Waals surface area contributed by atoms with Gasteiger partial charge in [0, 0.05) is 41.8 Å². The summed E-state index contributed by atoms with van der Waals surface area (Å²) in [5.41, 5.74) is 2.69. The van der Waals surface area contributed by atoms with Crippen LogP contribution < -0.4 is 0 Å². The molecule has 0 spiro atoms.